The first-order chi connectivity index (χ1) is 16.5. The smallest absolute Gasteiger partial charge is 0.341 e. The number of carbonyl (C=O) groups is 1. The molecule has 0 aromatic carbocycles. The van der Waals surface area contributed by atoms with Crippen molar-refractivity contribution in [1.82, 2.24) is 0 Å². The Labute approximate surface area is 226 Å². The normalized spacial score (nSPS) is 12.6. The van der Waals surface area contributed by atoms with Crippen molar-refractivity contribution in [3.63, 3.8) is 0 Å². The van der Waals surface area contributed by atoms with E-state index in [1.54, 1.807) is 22.7 Å². The highest BCUT2D eigenvalue weighted by Crippen LogP contribution is 2.50. The van der Waals surface area contributed by atoms with Crippen LogP contribution in [0.15, 0.2) is 24.3 Å². The third kappa shape index (κ3) is 5.46. The molecular weight excluding hydrogens is 545 g/mol. The quantitative estimate of drug-likeness (QED) is 0.148. The van der Waals surface area contributed by atoms with Crippen LogP contribution < -0.4 is 9.00 Å². The summed E-state index contributed by atoms with van der Waals surface area (Å²) >= 11 is 7.20. The van der Waals surface area contributed by atoms with Crippen molar-refractivity contribution in [2.24, 2.45) is 0 Å². The van der Waals surface area contributed by atoms with Crippen LogP contribution in [-0.2, 0) is 16.1 Å². The van der Waals surface area contributed by atoms with Gasteiger partial charge in [-0.25, -0.2) is 4.79 Å². The van der Waals surface area contributed by atoms with Gasteiger partial charge in [0.1, 0.15) is 0 Å². The summed E-state index contributed by atoms with van der Waals surface area (Å²) in [5.41, 5.74) is 1.94. The van der Waals surface area contributed by atoms with Gasteiger partial charge in [0.25, 0.3) is 0 Å². The lowest BCUT2D eigenvalue weighted by atomic mass is 10.2. The van der Waals surface area contributed by atoms with Gasteiger partial charge >= 0.3 is 5.97 Å². The van der Waals surface area contributed by atoms with Crippen LogP contribution in [0.25, 0.3) is 28.9 Å². The minimum atomic E-state index is -1.43. The van der Waals surface area contributed by atoms with Gasteiger partial charge in [-0.1, -0.05) is 51.4 Å². The van der Waals surface area contributed by atoms with Crippen LogP contribution >= 0.6 is 45.3 Å². The summed E-state index contributed by atoms with van der Waals surface area (Å²) in [7, 11) is -2.82. The molecule has 0 unspecified atom stereocenters. The number of rotatable bonds is 9. The van der Waals surface area contributed by atoms with E-state index >= 15 is 0 Å². The Morgan fingerprint density at radius 3 is 1.77 bits per heavy atom. The number of hydrogen-bond donors (Lipinski definition) is 0. The third-order valence-electron chi connectivity index (χ3n) is 5.68. The van der Waals surface area contributed by atoms with E-state index in [-0.39, 0.29) is 5.97 Å². The van der Waals surface area contributed by atoms with Crippen molar-refractivity contribution in [2.75, 3.05) is 13.2 Å². The van der Waals surface area contributed by atoms with Gasteiger partial charge in [0.2, 0.25) is 0 Å². The highest BCUT2D eigenvalue weighted by molar-refractivity contribution is 7.36. The second kappa shape index (κ2) is 10.4. The predicted octanol–water partition coefficient (Wildman–Crippen LogP) is 8.22. The van der Waals surface area contributed by atoms with E-state index in [2.05, 4.69) is 63.5 Å². The molecule has 4 aromatic heterocycles. The number of esters is 1. The zero-order chi connectivity index (χ0) is 25.5. The van der Waals surface area contributed by atoms with Crippen molar-refractivity contribution < 1.29 is 14.3 Å². The molecule has 0 radical (unpaired) electrons. The van der Waals surface area contributed by atoms with Gasteiger partial charge < -0.3 is 9.47 Å². The molecule has 0 aliphatic rings. The molecule has 0 atom stereocenters. The maximum Gasteiger partial charge on any atom is 0.341 e. The van der Waals surface area contributed by atoms with Crippen LogP contribution in [0.5, 0.6) is 0 Å². The largest absolute Gasteiger partial charge is 0.462 e. The number of hydrogen-bond acceptors (Lipinski definition) is 7. The maximum atomic E-state index is 13.3. The highest BCUT2D eigenvalue weighted by atomic mass is 32.1. The van der Waals surface area contributed by atoms with Crippen molar-refractivity contribution >= 4 is 85.9 Å². The lowest BCUT2D eigenvalue weighted by Crippen LogP contribution is -2.34. The molecule has 0 saturated carbocycles. The summed E-state index contributed by atoms with van der Waals surface area (Å²) in [5.74, 6) is -0.221. The Morgan fingerprint density at radius 1 is 0.743 bits per heavy atom. The van der Waals surface area contributed by atoms with Crippen LogP contribution in [0.3, 0.4) is 0 Å². The van der Waals surface area contributed by atoms with Crippen molar-refractivity contribution in [2.45, 2.75) is 59.7 Å². The fourth-order valence-electron chi connectivity index (χ4n) is 3.80. The number of carbonyl (C=O) groups excluding carboxylic acids is 1. The van der Waals surface area contributed by atoms with E-state index < -0.39 is 16.1 Å². The monoisotopic (exact) mass is 578 g/mol. The fourth-order valence-corrected chi connectivity index (χ4v) is 12.7. The Kier molecular flexibility index (Phi) is 7.98. The van der Waals surface area contributed by atoms with Crippen LogP contribution in [0.2, 0.25) is 39.3 Å². The molecule has 0 aliphatic carbocycles. The summed E-state index contributed by atoms with van der Waals surface area (Å²) in [6.45, 7) is 19.7. The van der Waals surface area contributed by atoms with E-state index in [0.29, 0.717) is 19.8 Å². The first-order valence-corrected chi connectivity index (χ1v) is 22.3. The van der Waals surface area contributed by atoms with Crippen LogP contribution in [0.1, 0.15) is 29.8 Å². The van der Waals surface area contributed by atoms with E-state index in [4.69, 9.17) is 9.47 Å². The molecule has 3 nitrogen and oxygen atoms in total. The average molecular weight is 579 g/mol. The van der Waals surface area contributed by atoms with Crippen LogP contribution in [-0.4, -0.2) is 35.3 Å². The second-order valence-corrected chi connectivity index (χ2v) is 25.6. The lowest BCUT2D eigenvalue weighted by molar-refractivity contribution is 0.0530. The summed E-state index contributed by atoms with van der Waals surface area (Å²) < 4.78 is 16.7. The predicted molar refractivity (Wildman–Crippen MR) is 164 cm³/mol. The van der Waals surface area contributed by atoms with E-state index in [1.165, 1.54) is 33.9 Å². The molecular formula is C26H34O3S4Si2. The Morgan fingerprint density at radius 2 is 1.29 bits per heavy atom. The molecule has 9 heteroatoms. The van der Waals surface area contributed by atoms with Crippen molar-refractivity contribution in [3.05, 3.63) is 35.4 Å². The van der Waals surface area contributed by atoms with Gasteiger partial charge in [-0.2, -0.15) is 0 Å². The molecule has 4 rings (SSSR count). The standard InChI is InChI=1S/C26H34O3S4Si2/c1-9-28-15-16-22(17-11-13-19(30-17)34(3,4)5)32-25-21(26(27)29-10-2)24(33-23(16)25)18-12-14-20(31-18)35(6,7)8/h11-14H,9-10,15H2,1-8H3. The average Bonchev–Trinajstić information content (AvgIpc) is 3.53. The summed E-state index contributed by atoms with van der Waals surface area (Å²) in [6, 6.07) is 9.00. The maximum absolute atomic E-state index is 13.3. The van der Waals surface area contributed by atoms with E-state index in [1.807, 2.05) is 36.5 Å². The Bertz CT molecular complexity index is 1350. The van der Waals surface area contributed by atoms with Crippen LogP contribution in [0, 0.1) is 0 Å². The summed E-state index contributed by atoms with van der Waals surface area (Å²) in [6.07, 6.45) is 0. The third-order valence-corrected chi connectivity index (χ3v) is 18.0. The minimum Gasteiger partial charge on any atom is -0.462 e. The molecule has 0 fully saturated rings. The molecule has 0 bridgehead atoms. The van der Waals surface area contributed by atoms with E-state index in [9.17, 15) is 4.79 Å². The molecule has 35 heavy (non-hydrogen) atoms. The molecule has 0 saturated heterocycles. The number of fused-ring (bicyclic) bond motifs is 1. The summed E-state index contributed by atoms with van der Waals surface area (Å²) in [5, 5.41) is 0. The molecule has 0 spiro atoms. The first-order valence-electron chi connectivity index (χ1n) is 12.0. The second-order valence-electron chi connectivity index (χ2n) is 10.6. The van der Waals surface area contributed by atoms with Crippen molar-refractivity contribution in [3.8, 4) is 19.5 Å². The number of ether oxygens (including phenoxy) is 2. The van der Waals surface area contributed by atoms with Gasteiger partial charge in [0, 0.05) is 21.9 Å². The van der Waals surface area contributed by atoms with Gasteiger partial charge in [-0.05, 0) is 35.0 Å². The highest BCUT2D eigenvalue weighted by Gasteiger charge is 2.30. The lowest BCUT2D eigenvalue weighted by Gasteiger charge is -2.12. The van der Waals surface area contributed by atoms with Crippen LogP contribution in [0.4, 0.5) is 0 Å². The number of thiophene rings is 4. The molecule has 188 valence electrons. The van der Waals surface area contributed by atoms with Gasteiger partial charge in [-0.3, -0.25) is 0 Å². The topological polar surface area (TPSA) is 35.5 Å². The van der Waals surface area contributed by atoms with Crippen molar-refractivity contribution in [1.29, 1.82) is 0 Å². The summed E-state index contributed by atoms with van der Waals surface area (Å²) in [4.78, 5) is 18.0. The zero-order valence-corrected chi connectivity index (χ0v) is 27.1. The SMILES string of the molecule is CCOCc1c(-c2ccc([Si](C)(C)C)s2)sc2c(C(=O)OCC)c(-c3ccc([Si](C)(C)C)s3)sc12. The fraction of sp³-hybridized carbons (Fsp3) is 0.423. The molecule has 4 aromatic rings. The van der Waals surface area contributed by atoms with Gasteiger partial charge in [0.05, 0.1) is 54.1 Å². The first kappa shape index (κ1) is 27.0. The molecule has 0 aliphatic heterocycles. The van der Waals surface area contributed by atoms with Gasteiger partial charge in [0.15, 0.2) is 0 Å². The molecule has 0 amide bonds. The Hall–Kier alpha value is -1.08. The molecule has 4 heterocycles. The van der Waals surface area contributed by atoms with Gasteiger partial charge in [-0.15, -0.1) is 45.3 Å². The van der Waals surface area contributed by atoms with E-state index in [0.717, 1.165) is 15.1 Å². The molecule has 0 N–H and O–H groups in total. The zero-order valence-electron chi connectivity index (χ0n) is 21.8. The Balaban J connectivity index is 1.93. The minimum absolute atomic E-state index is 0.221.